The minimum Gasteiger partial charge on any atom is -0.481 e. The van der Waals surface area contributed by atoms with Crippen molar-refractivity contribution in [3.63, 3.8) is 0 Å². The molecule has 0 aromatic heterocycles. The van der Waals surface area contributed by atoms with Gasteiger partial charge in [-0.2, -0.15) is 0 Å². The second-order valence-corrected chi connectivity index (χ2v) is 6.46. The fourth-order valence-electron chi connectivity index (χ4n) is 4.20. The quantitative estimate of drug-likeness (QED) is 0.898. The Morgan fingerprint density at radius 2 is 1.77 bits per heavy atom. The van der Waals surface area contributed by atoms with Crippen molar-refractivity contribution in [2.24, 2.45) is 11.8 Å². The third-order valence-electron chi connectivity index (χ3n) is 5.29. The molecule has 0 unspecified atom stereocenters. The Morgan fingerprint density at radius 1 is 1.09 bits per heavy atom. The van der Waals surface area contributed by atoms with Crippen LogP contribution in [-0.2, 0) is 27.3 Å². The molecule has 2 fully saturated rings. The third-order valence-corrected chi connectivity index (χ3v) is 5.29. The van der Waals surface area contributed by atoms with Crippen LogP contribution in [0.2, 0.25) is 0 Å². The maximum absolute atomic E-state index is 12.9. The summed E-state index contributed by atoms with van der Waals surface area (Å²) in [5.41, 5.74) is 2.45. The molecule has 1 amide bonds. The zero-order valence-corrected chi connectivity index (χ0v) is 12.3. The van der Waals surface area contributed by atoms with Crippen LogP contribution in [-0.4, -0.2) is 40.6 Å². The minimum atomic E-state index is -0.900. The first-order chi connectivity index (χ1) is 10.6. The van der Waals surface area contributed by atoms with Crippen LogP contribution >= 0.6 is 0 Å². The molecule has 22 heavy (non-hydrogen) atoms. The van der Waals surface area contributed by atoms with E-state index in [-0.39, 0.29) is 18.1 Å². The Bertz CT molecular complexity index is 629. The lowest BCUT2D eigenvalue weighted by Crippen LogP contribution is -2.47. The predicted octanol–water partition coefficient (Wildman–Crippen LogP) is 1.45. The number of carbonyl (C=O) groups excluding carboxylic acids is 1. The van der Waals surface area contributed by atoms with Crippen molar-refractivity contribution in [1.82, 2.24) is 4.90 Å². The number of hydrogen-bond donors (Lipinski definition) is 1. The van der Waals surface area contributed by atoms with Crippen LogP contribution < -0.4 is 0 Å². The molecule has 4 rings (SSSR count). The van der Waals surface area contributed by atoms with Crippen molar-refractivity contribution < 1.29 is 19.4 Å². The highest BCUT2D eigenvalue weighted by atomic mass is 16.5. The zero-order chi connectivity index (χ0) is 15.3. The first-order valence-corrected chi connectivity index (χ1v) is 7.89. The highest BCUT2D eigenvalue weighted by Gasteiger charge is 2.56. The molecule has 0 aliphatic carbocycles. The second kappa shape index (κ2) is 5.09. The van der Waals surface area contributed by atoms with E-state index in [1.54, 1.807) is 0 Å². The summed E-state index contributed by atoms with van der Waals surface area (Å²) >= 11 is 0. The zero-order valence-electron chi connectivity index (χ0n) is 12.3. The molecule has 0 saturated carbocycles. The number of benzene rings is 1. The maximum Gasteiger partial charge on any atom is 0.310 e. The van der Waals surface area contributed by atoms with Gasteiger partial charge in [0, 0.05) is 13.1 Å². The normalized spacial score (nSPS) is 32.8. The van der Waals surface area contributed by atoms with Gasteiger partial charge < -0.3 is 14.7 Å². The van der Waals surface area contributed by atoms with E-state index in [1.165, 1.54) is 5.56 Å². The van der Waals surface area contributed by atoms with E-state index in [2.05, 4.69) is 6.07 Å². The van der Waals surface area contributed by atoms with Gasteiger partial charge in [-0.05, 0) is 30.4 Å². The van der Waals surface area contributed by atoms with Gasteiger partial charge in [0.15, 0.2) is 0 Å². The van der Waals surface area contributed by atoms with Gasteiger partial charge in [-0.3, -0.25) is 9.59 Å². The Morgan fingerprint density at radius 3 is 2.50 bits per heavy atom. The molecule has 5 heteroatoms. The van der Waals surface area contributed by atoms with E-state index < -0.39 is 17.8 Å². The van der Waals surface area contributed by atoms with Gasteiger partial charge in [-0.25, -0.2) is 0 Å². The van der Waals surface area contributed by atoms with Crippen molar-refractivity contribution in [2.75, 3.05) is 6.54 Å². The summed E-state index contributed by atoms with van der Waals surface area (Å²) in [6, 6.07) is 8.13. The largest absolute Gasteiger partial charge is 0.481 e. The van der Waals surface area contributed by atoms with Gasteiger partial charge in [0.2, 0.25) is 5.91 Å². The SMILES string of the molecule is O=C(O)[C@@H]1[C@@H](C(=O)N2CCc3ccccc3C2)[C@@H]2CC[C@@H]1O2. The molecule has 4 atom stereocenters. The van der Waals surface area contributed by atoms with E-state index in [1.807, 2.05) is 23.1 Å². The van der Waals surface area contributed by atoms with E-state index in [0.717, 1.165) is 24.8 Å². The highest BCUT2D eigenvalue weighted by Crippen LogP contribution is 2.44. The number of nitrogens with zero attached hydrogens (tertiary/aromatic N) is 1. The molecule has 2 saturated heterocycles. The molecule has 5 nitrogen and oxygen atoms in total. The van der Waals surface area contributed by atoms with Crippen LogP contribution in [0.3, 0.4) is 0 Å². The topological polar surface area (TPSA) is 66.8 Å². The van der Waals surface area contributed by atoms with Gasteiger partial charge in [-0.15, -0.1) is 0 Å². The molecule has 116 valence electrons. The number of carboxylic acids is 1. The van der Waals surface area contributed by atoms with Gasteiger partial charge in [-0.1, -0.05) is 24.3 Å². The number of rotatable bonds is 2. The number of carboxylic acid groups (broad SMARTS) is 1. The van der Waals surface area contributed by atoms with Gasteiger partial charge >= 0.3 is 5.97 Å². The monoisotopic (exact) mass is 301 g/mol. The lowest BCUT2D eigenvalue weighted by Gasteiger charge is -2.34. The fraction of sp³-hybridized carbons (Fsp3) is 0.529. The van der Waals surface area contributed by atoms with Gasteiger partial charge in [0.25, 0.3) is 0 Å². The molecule has 3 heterocycles. The summed E-state index contributed by atoms with van der Waals surface area (Å²) in [6.45, 7) is 1.24. The average molecular weight is 301 g/mol. The summed E-state index contributed by atoms with van der Waals surface area (Å²) < 4.78 is 5.71. The highest BCUT2D eigenvalue weighted by molar-refractivity contribution is 5.86. The van der Waals surface area contributed by atoms with Crippen LogP contribution in [0.15, 0.2) is 24.3 Å². The maximum atomic E-state index is 12.9. The van der Waals surface area contributed by atoms with Gasteiger partial charge in [0.1, 0.15) is 0 Å². The van der Waals surface area contributed by atoms with E-state index in [4.69, 9.17) is 4.74 Å². The lowest BCUT2D eigenvalue weighted by atomic mass is 9.78. The summed E-state index contributed by atoms with van der Waals surface area (Å²) in [5.74, 6) is -2.14. The molecular weight excluding hydrogens is 282 g/mol. The van der Waals surface area contributed by atoms with E-state index >= 15 is 0 Å². The second-order valence-electron chi connectivity index (χ2n) is 6.46. The summed E-state index contributed by atoms with van der Waals surface area (Å²) in [5, 5.41) is 9.46. The third kappa shape index (κ3) is 2.03. The molecular formula is C17H19NO4. The first kappa shape index (κ1) is 13.8. The summed E-state index contributed by atoms with van der Waals surface area (Å²) in [4.78, 5) is 26.2. The van der Waals surface area contributed by atoms with Crippen LogP contribution in [0.25, 0.3) is 0 Å². The van der Waals surface area contributed by atoms with Crippen LogP contribution in [0.4, 0.5) is 0 Å². The molecule has 1 N–H and O–H groups in total. The van der Waals surface area contributed by atoms with Crippen molar-refractivity contribution in [1.29, 1.82) is 0 Å². The Kier molecular flexibility index (Phi) is 3.18. The lowest BCUT2D eigenvalue weighted by molar-refractivity contribution is -0.151. The smallest absolute Gasteiger partial charge is 0.310 e. The predicted molar refractivity (Wildman–Crippen MR) is 78.1 cm³/mol. The number of amides is 1. The van der Waals surface area contributed by atoms with Crippen molar-refractivity contribution in [2.45, 2.75) is 38.0 Å². The number of hydrogen-bond acceptors (Lipinski definition) is 3. The van der Waals surface area contributed by atoms with Crippen LogP contribution in [0.1, 0.15) is 24.0 Å². The Balaban J connectivity index is 1.56. The molecule has 3 aliphatic rings. The number of carbonyl (C=O) groups is 2. The fourth-order valence-corrected chi connectivity index (χ4v) is 4.20. The van der Waals surface area contributed by atoms with E-state index in [0.29, 0.717) is 13.1 Å². The van der Waals surface area contributed by atoms with Gasteiger partial charge in [0.05, 0.1) is 24.0 Å². The standard InChI is InChI=1S/C17H19NO4/c19-16(14-12-5-6-13(22-12)15(14)17(20)21)18-8-7-10-3-1-2-4-11(10)9-18/h1-4,12-15H,5-9H2,(H,20,21)/t12-,13-,14-,15-/m0/s1. The van der Waals surface area contributed by atoms with Crippen LogP contribution in [0.5, 0.6) is 0 Å². The van der Waals surface area contributed by atoms with Crippen molar-refractivity contribution in [3.8, 4) is 0 Å². The van der Waals surface area contributed by atoms with Crippen molar-refractivity contribution in [3.05, 3.63) is 35.4 Å². The Hall–Kier alpha value is -1.88. The molecule has 1 aromatic carbocycles. The molecule has 0 radical (unpaired) electrons. The van der Waals surface area contributed by atoms with Crippen molar-refractivity contribution >= 4 is 11.9 Å². The summed E-state index contributed by atoms with van der Waals surface area (Å²) in [6.07, 6.45) is 1.90. The molecule has 3 aliphatic heterocycles. The van der Waals surface area contributed by atoms with E-state index in [9.17, 15) is 14.7 Å². The summed E-state index contributed by atoms with van der Waals surface area (Å²) in [7, 11) is 0. The average Bonchev–Trinajstić information content (AvgIpc) is 3.14. The first-order valence-electron chi connectivity index (χ1n) is 7.89. The number of ether oxygens (including phenoxy) is 1. The number of fused-ring (bicyclic) bond motifs is 3. The Labute approximate surface area is 128 Å². The molecule has 1 aromatic rings. The minimum absolute atomic E-state index is 0.0471. The number of aliphatic carboxylic acids is 1. The molecule has 2 bridgehead atoms. The van der Waals surface area contributed by atoms with Crippen LogP contribution in [0, 0.1) is 11.8 Å². The molecule has 0 spiro atoms.